The van der Waals surface area contributed by atoms with Crippen LogP contribution in [0.4, 0.5) is 20.4 Å². The average molecular weight is 415 g/mol. The molecule has 1 atom stereocenters. The molecular weight excluding hydrogens is 392 g/mol. The zero-order valence-electron chi connectivity index (χ0n) is 16.9. The van der Waals surface area contributed by atoms with E-state index in [4.69, 9.17) is 4.74 Å². The minimum absolute atomic E-state index is 0.231. The predicted molar refractivity (Wildman–Crippen MR) is 109 cm³/mol. The Balaban J connectivity index is 1.78. The van der Waals surface area contributed by atoms with Gasteiger partial charge in [0, 0.05) is 24.8 Å². The molecule has 0 radical (unpaired) electrons. The van der Waals surface area contributed by atoms with Crippen molar-refractivity contribution in [3.8, 4) is 0 Å². The predicted octanol–water partition coefficient (Wildman–Crippen LogP) is 3.96. The van der Waals surface area contributed by atoms with Crippen molar-refractivity contribution in [2.24, 2.45) is 0 Å². The normalized spacial score (nSPS) is 16.3. The molecule has 30 heavy (non-hydrogen) atoms. The molecule has 0 bridgehead atoms. The van der Waals surface area contributed by atoms with Crippen molar-refractivity contribution < 1.29 is 18.3 Å². The van der Waals surface area contributed by atoms with Crippen molar-refractivity contribution in [2.75, 3.05) is 29.9 Å². The topological polar surface area (TPSA) is 71.8 Å². The van der Waals surface area contributed by atoms with Crippen LogP contribution in [-0.4, -0.2) is 40.3 Å². The van der Waals surface area contributed by atoms with Crippen LogP contribution in [0.2, 0.25) is 0 Å². The molecule has 3 heterocycles. The third-order valence-electron chi connectivity index (χ3n) is 5.16. The molecule has 1 fully saturated rings. The summed E-state index contributed by atoms with van der Waals surface area (Å²) in [7, 11) is 0. The average Bonchev–Trinajstić information content (AvgIpc) is 3.34. The molecule has 2 aromatic heterocycles. The summed E-state index contributed by atoms with van der Waals surface area (Å²) in [5, 5.41) is 7.46. The van der Waals surface area contributed by atoms with E-state index in [-0.39, 0.29) is 18.2 Å². The van der Waals surface area contributed by atoms with Crippen molar-refractivity contribution in [3.05, 3.63) is 53.2 Å². The monoisotopic (exact) mass is 415 g/mol. The Labute approximate surface area is 172 Å². The number of esters is 1. The molecule has 4 rings (SSSR count). The Hall–Kier alpha value is -3.23. The summed E-state index contributed by atoms with van der Waals surface area (Å²) in [6.45, 7) is 5.09. The fraction of sp³-hybridized carbons (Fsp3) is 0.381. The zero-order chi connectivity index (χ0) is 21.3. The fourth-order valence-electron chi connectivity index (χ4n) is 3.90. The van der Waals surface area contributed by atoms with Gasteiger partial charge in [-0.25, -0.2) is 23.1 Å². The third kappa shape index (κ3) is 3.55. The lowest BCUT2D eigenvalue weighted by Crippen LogP contribution is -2.24. The van der Waals surface area contributed by atoms with Crippen LogP contribution in [0.1, 0.15) is 48.7 Å². The van der Waals surface area contributed by atoms with E-state index in [9.17, 15) is 13.6 Å². The fourth-order valence-corrected chi connectivity index (χ4v) is 3.90. The molecule has 1 N–H and O–H groups in total. The largest absolute Gasteiger partial charge is 0.462 e. The molecule has 1 aliphatic rings. The van der Waals surface area contributed by atoms with Crippen LogP contribution in [0.15, 0.2) is 30.5 Å². The number of nitrogens with one attached hydrogen (secondary N) is 1. The number of hydrogen-bond donors (Lipinski definition) is 1. The minimum atomic E-state index is -0.512. The quantitative estimate of drug-likeness (QED) is 0.615. The number of nitrogens with zero attached hydrogens (tertiary/aromatic N) is 4. The van der Waals surface area contributed by atoms with Crippen LogP contribution in [-0.2, 0) is 4.74 Å². The molecule has 0 amide bonds. The Morgan fingerprint density at radius 3 is 2.90 bits per heavy atom. The van der Waals surface area contributed by atoms with Gasteiger partial charge in [0.2, 0.25) is 0 Å². The second-order valence-electron chi connectivity index (χ2n) is 7.05. The van der Waals surface area contributed by atoms with Crippen molar-refractivity contribution >= 4 is 23.3 Å². The number of rotatable bonds is 6. The van der Waals surface area contributed by atoms with Gasteiger partial charge in [-0.1, -0.05) is 0 Å². The SMILES string of the molecule is CCNc1nn2ccc(N3CCC[C@@H]3c3cc(F)ccc3F)nc2c1C(=O)OCC. The van der Waals surface area contributed by atoms with Crippen molar-refractivity contribution in [3.63, 3.8) is 0 Å². The van der Waals surface area contributed by atoms with Crippen molar-refractivity contribution in [1.82, 2.24) is 14.6 Å². The zero-order valence-corrected chi connectivity index (χ0v) is 16.9. The molecule has 0 spiro atoms. The lowest BCUT2D eigenvalue weighted by molar-refractivity contribution is 0.0529. The van der Waals surface area contributed by atoms with Crippen molar-refractivity contribution in [1.29, 1.82) is 0 Å². The maximum Gasteiger partial charge on any atom is 0.345 e. The van der Waals surface area contributed by atoms with Gasteiger partial charge in [-0.15, -0.1) is 5.10 Å². The highest BCUT2D eigenvalue weighted by atomic mass is 19.1. The van der Waals surface area contributed by atoms with E-state index < -0.39 is 17.6 Å². The van der Waals surface area contributed by atoms with E-state index in [0.29, 0.717) is 42.4 Å². The van der Waals surface area contributed by atoms with Crippen LogP contribution < -0.4 is 10.2 Å². The number of ether oxygens (including phenoxy) is 1. The number of fused-ring (bicyclic) bond motifs is 1. The van der Waals surface area contributed by atoms with E-state index >= 15 is 0 Å². The van der Waals surface area contributed by atoms with Gasteiger partial charge in [0.05, 0.1) is 12.6 Å². The molecular formula is C21H23F2N5O2. The van der Waals surface area contributed by atoms with Crippen LogP contribution in [0, 0.1) is 11.6 Å². The van der Waals surface area contributed by atoms with Gasteiger partial charge < -0.3 is 15.0 Å². The molecule has 1 saturated heterocycles. The van der Waals surface area contributed by atoms with Gasteiger partial charge in [-0.2, -0.15) is 0 Å². The maximum atomic E-state index is 14.4. The summed E-state index contributed by atoms with van der Waals surface area (Å²) in [5.41, 5.74) is 0.919. The van der Waals surface area contributed by atoms with Gasteiger partial charge in [-0.05, 0) is 51.0 Å². The number of anilines is 2. The van der Waals surface area contributed by atoms with E-state index in [0.717, 1.165) is 18.6 Å². The van der Waals surface area contributed by atoms with Gasteiger partial charge in [0.25, 0.3) is 0 Å². The molecule has 1 aliphatic heterocycles. The summed E-state index contributed by atoms with van der Waals surface area (Å²) in [4.78, 5) is 19.2. The Morgan fingerprint density at radius 1 is 1.30 bits per heavy atom. The van der Waals surface area contributed by atoms with Gasteiger partial charge >= 0.3 is 5.97 Å². The number of carbonyl (C=O) groups is 1. The van der Waals surface area contributed by atoms with E-state index in [2.05, 4.69) is 15.4 Å². The summed E-state index contributed by atoms with van der Waals surface area (Å²) in [6, 6.07) is 4.93. The van der Waals surface area contributed by atoms with Crippen LogP contribution in [0.25, 0.3) is 5.65 Å². The second-order valence-corrected chi connectivity index (χ2v) is 7.05. The van der Waals surface area contributed by atoms with E-state index in [1.54, 1.807) is 19.2 Å². The molecule has 7 nitrogen and oxygen atoms in total. The van der Waals surface area contributed by atoms with Crippen LogP contribution in [0.5, 0.6) is 0 Å². The first-order chi connectivity index (χ1) is 14.5. The van der Waals surface area contributed by atoms with Gasteiger partial charge in [0.1, 0.15) is 23.0 Å². The molecule has 0 aliphatic carbocycles. The highest BCUT2D eigenvalue weighted by molar-refractivity contribution is 6.01. The highest BCUT2D eigenvalue weighted by Crippen LogP contribution is 2.37. The number of aromatic nitrogens is 3. The van der Waals surface area contributed by atoms with E-state index in [1.807, 2.05) is 11.8 Å². The molecule has 0 saturated carbocycles. The van der Waals surface area contributed by atoms with Crippen LogP contribution >= 0.6 is 0 Å². The molecule has 0 unspecified atom stereocenters. The molecule has 9 heteroatoms. The third-order valence-corrected chi connectivity index (χ3v) is 5.16. The lowest BCUT2D eigenvalue weighted by atomic mass is 10.0. The van der Waals surface area contributed by atoms with Crippen molar-refractivity contribution in [2.45, 2.75) is 32.7 Å². The molecule has 158 valence electrons. The van der Waals surface area contributed by atoms with Crippen LogP contribution in [0.3, 0.4) is 0 Å². The summed E-state index contributed by atoms with van der Waals surface area (Å²) in [6.07, 6.45) is 3.21. The minimum Gasteiger partial charge on any atom is -0.462 e. The van der Waals surface area contributed by atoms with Gasteiger partial charge in [0.15, 0.2) is 11.5 Å². The standard InChI is InChI=1S/C21H23F2N5O2/c1-3-24-19-18(21(29)30-4-2)20-25-17(9-11-28(20)26-19)27-10-5-6-16(27)14-12-13(22)7-8-15(14)23/h7-9,11-12,16H,3-6,10H2,1-2H3,(H,24,26)/t16-/m1/s1. The first kappa shape index (κ1) is 20.1. The highest BCUT2D eigenvalue weighted by Gasteiger charge is 2.31. The van der Waals surface area contributed by atoms with E-state index in [1.165, 1.54) is 10.6 Å². The number of carbonyl (C=O) groups excluding carboxylic acids is 1. The Morgan fingerprint density at radius 2 is 2.13 bits per heavy atom. The maximum absolute atomic E-state index is 14.4. The summed E-state index contributed by atoms with van der Waals surface area (Å²) >= 11 is 0. The number of hydrogen-bond acceptors (Lipinski definition) is 6. The second kappa shape index (κ2) is 8.25. The molecule has 3 aromatic rings. The number of halogens is 2. The lowest BCUT2D eigenvalue weighted by Gasteiger charge is -2.26. The smallest absolute Gasteiger partial charge is 0.345 e. The Bertz CT molecular complexity index is 1080. The number of benzene rings is 1. The molecule has 1 aromatic carbocycles. The summed E-state index contributed by atoms with van der Waals surface area (Å²) in [5.74, 6) is -0.461. The first-order valence-electron chi connectivity index (χ1n) is 10.1. The first-order valence-corrected chi connectivity index (χ1v) is 10.1. The van der Waals surface area contributed by atoms with Gasteiger partial charge in [-0.3, -0.25) is 0 Å². The summed E-state index contributed by atoms with van der Waals surface area (Å²) < 4.78 is 34.9. The Kier molecular flexibility index (Phi) is 5.52.